The lowest BCUT2D eigenvalue weighted by Crippen LogP contribution is -2.69. The molecule has 11 atom stereocenters. The molecule has 0 bridgehead atoms. The van der Waals surface area contributed by atoms with Gasteiger partial charge in [0.1, 0.15) is 35.8 Å². The number of aliphatic imine (C=N–C) groups is 1. The first-order valence-electron chi connectivity index (χ1n) is 17.5. The fraction of sp³-hybridized carbons (Fsp3) is 0.750. The molecule has 11 unspecified atom stereocenters. The fourth-order valence-corrected chi connectivity index (χ4v) is 6.47. The normalized spacial score (nSPS) is 36.5. The van der Waals surface area contributed by atoms with Crippen molar-refractivity contribution in [2.45, 2.75) is 147 Å². The summed E-state index contributed by atoms with van der Waals surface area (Å²) in [5.41, 5.74) is 15.7. The van der Waals surface area contributed by atoms with Crippen LogP contribution in [0.2, 0.25) is 0 Å². The third-order valence-corrected chi connectivity index (χ3v) is 9.28. The highest BCUT2D eigenvalue weighted by Gasteiger charge is 2.51. The van der Waals surface area contributed by atoms with Gasteiger partial charge in [-0.1, -0.05) is 35.8 Å². The molecule has 3 rings (SSSR count). The highest BCUT2D eigenvalue weighted by atomic mass is 16.7. The monoisotopic (exact) mass is 677 g/mol. The summed E-state index contributed by atoms with van der Waals surface area (Å²) >= 11 is 0. The maximum atomic E-state index is 11.6. The lowest BCUT2D eigenvalue weighted by molar-refractivity contribution is -0.304. The second-order valence-electron chi connectivity index (χ2n) is 14.0. The summed E-state index contributed by atoms with van der Waals surface area (Å²) in [5.74, 6) is 0.639. The van der Waals surface area contributed by atoms with Gasteiger partial charge in [0.2, 0.25) is 6.29 Å². The third kappa shape index (κ3) is 11.8. The van der Waals surface area contributed by atoms with Gasteiger partial charge in [-0.3, -0.25) is 4.99 Å². The number of hydrogen-bond donors (Lipinski definition) is 7. The number of likely N-dealkylation sites (N-methyl/N-ethyl adjacent to an activating group) is 2. The number of aliphatic hydroxyl groups excluding tert-OH is 2. The number of rotatable bonds is 16. The second kappa shape index (κ2) is 19.4. The predicted molar refractivity (Wildman–Crippen MR) is 189 cm³/mol. The van der Waals surface area contributed by atoms with Crippen molar-refractivity contribution in [2.75, 3.05) is 26.7 Å². The Morgan fingerprint density at radius 3 is 2.40 bits per heavy atom. The molecule has 2 aliphatic heterocycles. The zero-order valence-corrected chi connectivity index (χ0v) is 30.1. The van der Waals surface area contributed by atoms with E-state index < -0.39 is 60.7 Å². The molecule has 0 amide bonds. The average Bonchev–Trinajstić information content (AvgIpc) is 3.01. The van der Waals surface area contributed by atoms with Crippen LogP contribution in [-0.4, -0.2) is 115 Å². The molecule has 12 nitrogen and oxygen atoms in total. The molecular weight excluding hydrogens is 614 g/mol. The number of nitrogens with one attached hydrogen (secondary N) is 2. The topological polar surface area (TPSA) is 186 Å². The number of ether oxygens (including phenoxy) is 4. The van der Waals surface area contributed by atoms with Crippen LogP contribution < -0.4 is 22.1 Å². The molecule has 2 fully saturated rings. The average molecular weight is 678 g/mol. The van der Waals surface area contributed by atoms with E-state index in [1.165, 1.54) is 16.7 Å². The second-order valence-corrected chi connectivity index (χ2v) is 14.0. The molecule has 9 N–H and O–H groups in total. The van der Waals surface area contributed by atoms with E-state index in [2.05, 4.69) is 55.5 Å². The summed E-state index contributed by atoms with van der Waals surface area (Å²) in [7, 11) is 1.65. The minimum Gasteiger partial charge on any atom is -0.466 e. The van der Waals surface area contributed by atoms with Gasteiger partial charge >= 0.3 is 0 Å². The molecule has 3 aliphatic rings. The van der Waals surface area contributed by atoms with Crippen molar-refractivity contribution in [1.29, 1.82) is 0 Å². The van der Waals surface area contributed by atoms with Gasteiger partial charge in [-0.25, -0.2) is 0 Å². The van der Waals surface area contributed by atoms with Crippen LogP contribution in [0.4, 0.5) is 0 Å². The molecule has 0 aromatic carbocycles. The molecule has 48 heavy (non-hydrogen) atoms. The molecule has 0 aromatic heterocycles. The summed E-state index contributed by atoms with van der Waals surface area (Å²) in [4.78, 5) is 4.53. The highest BCUT2D eigenvalue weighted by Crippen LogP contribution is 2.32. The van der Waals surface area contributed by atoms with E-state index in [9.17, 15) is 15.3 Å². The molecular formula is C36H63N5O7. The van der Waals surface area contributed by atoms with Crippen molar-refractivity contribution in [3.8, 4) is 0 Å². The molecule has 0 radical (unpaired) electrons. The first-order chi connectivity index (χ1) is 22.8. The Bertz CT molecular complexity index is 1150. The van der Waals surface area contributed by atoms with E-state index >= 15 is 0 Å². The Labute approximate surface area is 287 Å². The Balaban J connectivity index is 1.57. The van der Waals surface area contributed by atoms with Crippen molar-refractivity contribution in [1.82, 2.24) is 10.6 Å². The van der Waals surface area contributed by atoms with Crippen LogP contribution in [0.3, 0.4) is 0 Å². The number of hydrogen-bond acceptors (Lipinski definition) is 12. The minimum atomic E-state index is -1.30. The van der Waals surface area contributed by atoms with Crippen LogP contribution >= 0.6 is 0 Å². The first-order valence-corrected chi connectivity index (χ1v) is 17.5. The van der Waals surface area contributed by atoms with Crippen molar-refractivity contribution >= 4 is 6.21 Å². The van der Waals surface area contributed by atoms with Gasteiger partial charge in [0.25, 0.3) is 0 Å². The summed E-state index contributed by atoms with van der Waals surface area (Å²) < 4.78 is 24.4. The van der Waals surface area contributed by atoms with Crippen LogP contribution in [0.5, 0.6) is 0 Å². The Kier molecular flexibility index (Phi) is 16.4. The van der Waals surface area contributed by atoms with Crippen molar-refractivity contribution in [3.63, 3.8) is 0 Å². The molecule has 1 aliphatic carbocycles. The Hall–Kier alpha value is -1.97. The van der Waals surface area contributed by atoms with E-state index in [4.69, 9.17) is 30.4 Å². The molecule has 0 aromatic rings. The fourth-order valence-electron chi connectivity index (χ4n) is 6.47. The van der Waals surface area contributed by atoms with E-state index in [1.807, 2.05) is 19.1 Å². The summed E-state index contributed by atoms with van der Waals surface area (Å²) in [5, 5.41) is 39.5. The predicted octanol–water partition coefficient (Wildman–Crippen LogP) is 2.33. The quantitative estimate of drug-likeness (QED) is 0.0939. The van der Waals surface area contributed by atoms with Crippen LogP contribution in [0, 0.1) is 0 Å². The molecule has 1 saturated heterocycles. The zero-order valence-electron chi connectivity index (χ0n) is 30.1. The maximum absolute atomic E-state index is 11.6. The summed E-state index contributed by atoms with van der Waals surface area (Å²) in [6.07, 6.45) is 9.48. The van der Waals surface area contributed by atoms with E-state index in [0.717, 1.165) is 25.7 Å². The van der Waals surface area contributed by atoms with Gasteiger partial charge in [-0.2, -0.15) is 0 Å². The van der Waals surface area contributed by atoms with Gasteiger partial charge in [-0.05, 0) is 98.9 Å². The largest absolute Gasteiger partial charge is 0.466 e. The standard InChI is InChI=1S/C36H63N5O7/c1-8-41-28-19-27(38)31(29(42)32(28)48-35-30(43)33(39-7)36(6,44)21-45-35)47-34-26(37)16-15-25(46-34)20-40-18-17-24(5)14-10-13-23(4)12-9-11-22(2)3/h11,13,15,17-18,26-35,39,41-44H,8-10,12,14,16,19-21,37-38H2,1-7H3/b23-13+,24-17+,40-18?. The number of nitrogens with zero attached hydrogens (tertiary/aromatic N) is 1. The van der Waals surface area contributed by atoms with E-state index in [0.29, 0.717) is 31.7 Å². The Morgan fingerprint density at radius 2 is 1.71 bits per heavy atom. The van der Waals surface area contributed by atoms with Crippen molar-refractivity contribution in [3.05, 3.63) is 46.8 Å². The number of aliphatic hydroxyl groups is 3. The molecule has 12 heteroatoms. The molecule has 1 saturated carbocycles. The zero-order chi connectivity index (χ0) is 35.4. The lowest BCUT2D eigenvalue weighted by atomic mass is 9.83. The lowest BCUT2D eigenvalue weighted by Gasteiger charge is -2.49. The summed E-state index contributed by atoms with van der Waals surface area (Å²) in [6.45, 7) is 13.0. The maximum Gasteiger partial charge on any atom is 0.215 e. The molecule has 274 valence electrons. The number of nitrogens with two attached hydrogens (primary N) is 2. The van der Waals surface area contributed by atoms with E-state index in [1.54, 1.807) is 20.2 Å². The number of allylic oxidation sites excluding steroid dienone is 6. The van der Waals surface area contributed by atoms with Crippen LogP contribution in [0.1, 0.15) is 80.1 Å². The van der Waals surface area contributed by atoms with Gasteiger partial charge in [-0.15, -0.1) is 0 Å². The van der Waals surface area contributed by atoms with Gasteiger partial charge in [0.05, 0.1) is 25.2 Å². The van der Waals surface area contributed by atoms with Crippen molar-refractivity contribution in [2.24, 2.45) is 16.5 Å². The first kappa shape index (κ1) is 40.5. The third-order valence-electron chi connectivity index (χ3n) is 9.28. The smallest absolute Gasteiger partial charge is 0.215 e. The minimum absolute atomic E-state index is 0.0553. The van der Waals surface area contributed by atoms with Gasteiger partial charge in [0.15, 0.2) is 6.29 Å². The van der Waals surface area contributed by atoms with E-state index in [-0.39, 0.29) is 12.6 Å². The Morgan fingerprint density at radius 1 is 1.02 bits per heavy atom. The van der Waals surface area contributed by atoms with Crippen molar-refractivity contribution < 1.29 is 34.3 Å². The van der Waals surface area contributed by atoms with Gasteiger partial charge < -0.3 is 56.4 Å². The van der Waals surface area contributed by atoms with Crippen LogP contribution in [-0.2, 0) is 18.9 Å². The molecule has 0 spiro atoms. The SMILES string of the molecule is CCNC1CC(N)C(OC2OC(CN=C/C=C(\C)CC/C=C(\C)CCC=C(C)C)=CCC2N)C(O)C1OC1OCC(C)(O)C(NC)C1O. The summed E-state index contributed by atoms with van der Waals surface area (Å²) in [6, 6.07) is -2.04. The molecule has 2 heterocycles. The van der Waals surface area contributed by atoms with Crippen LogP contribution in [0.25, 0.3) is 0 Å². The van der Waals surface area contributed by atoms with Gasteiger partial charge in [0, 0.05) is 18.3 Å². The van der Waals surface area contributed by atoms with Crippen LogP contribution in [0.15, 0.2) is 51.8 Å². The highest BCUT2D eigenvalue weighted by molar-refractivity contribution is 5.72.